The van der Waals surface area contributed by atoms with E-state index in [1.54, 1.807) is 24.3 Å². The van der Waals surface area contributed by atoms with Crippen molar-refractivity contribution in [3.8, 4) is 11.5 Å². The summed E-state index contributed by atoms with van der Waals surface area (Å²) >= 11 is 0. The smallest absolute Gasteiger partial charge is 0.337 e. The maximum atomic E-state index is 12.4. The van der Waals surface area contributed by atoms with Gasteiger partial charge in [0.2, 0.25) is 0 Å². The first-order valence-electron chi connectivity index (χ1n) is 20.3. The van der Waals surface area contributed by atoms with E-state index in [1.807, 2.05) is 42.5 Å². The summed E-state index contributed by atoms with van der Waals surface area (Å²) in [6.45, 7) is 4.38. The molecule has 0 saturated carbocycles. The number of methoxy groups -OCH3 is 2. The summed E-state index contributed by atoms with van der Waals surface area (Å²) in [4.78, 5) is 39.4. The minimum atomic E-state index is -0.446. The van der Waals surface area contributed by atoms with E-state index in [0.29, 0.717) is 34.5 Å². The van der Waals surface area contributed by atoms with Crippen LogP contribution in [0.4, 0.5) is 0 Å². The van der Waals surface area contributed by atoms with Crippen molar-refractivity contribution >= 4 is 34.2 Å². The van der Waals surface area contributed by atoms with Crippen molar-refractivity contribution in [2.45, 2.75) is 78.1 Å². The lowest BCUT2D eigenvalue weighted by molar-refractivity contribution is 0.0592. The van der Waals surface area contributed by atoms with Gasteiger partial charge in [-0.3, -0.25) is 0 Å². The van der Waals surface area contributed by atoms with Crippen molar-refractivity contribution in [1.29, 1.82) is 0 Å². The third kappa shape index (κ3) is 8.05. The van der Waals surface area contributed by atoms with Crippen LogP contribution >= 0.6 is 0 Å². The van der Waals surface area contributed by atoms with Crippen LogP contribution in [0.5, 0.6) is 11.5 Å². The predicted molar refractivity (Wildman–Crippen MR) is 226 cm³/mol. The van der Waals surface area contributed by atoms with E-state index in [2.05, 4.69) is 52.0 Å². The Morgan fingerprint density at radius 1 is 0.483 bits per heavy atom. The number of esters is 2. The van der Waals surface area contributed by atoms with Gasteiger partial charge in [0.05, 0.1) is 36.7 Å². The molecule has 0 atom stereocenters. The van der Waals surface area contributed by atoms with Gasteiger partial charge in [-0.05, 0) is 103 Å². The fourth-order valence-corrected chi connectivity index (χ4v) is 7.97. The molecule has 0 amide bonds. The highest BCUT2D eigenvalue weighted by Gasteiger charge is 2.25. The number of aromatic hydroxyl groups is 2. The molecule has 0 radical (unpaired) electrons. The summed E-state index contributed by atoms with van der Waals surface area (Å²) in [6, 6.07) is 26.8. The van der Waals surface area contributed by atoms with E-state index >= 15 is 0 Å². The van der Waals surface area contributed by atoms with Crippen molar-refractivity contribution in [3.05, 3.63) is 151 Å². The van der Waals surface area contributed by atoms with Gasteiger partial charge in [0.1, 0.15) is 0 Å². The van der Waals surface area contributed by atoms with Crippen molar-refractivity contribution < 1.29 is 29.3 Å². The second-order valence-electron chi connectivity index (χ2n) is 14.9. The van der Waals surface area contributed by atoms with Crippen LogP contribution in [0.15, 0.2) is 84.9 Å². The molecule has 10 nitrogen and oxygen atoms in total. The molecule has 1 aliphatic rings. The van der Waals surface area contributed by atoms with Crippen molar-refractivity contribution in [2.24, 2.45) is 0 Å². The van der Waals surface area contributed by atoms with Crippen LogP contribution in [0.3, 0.4) is 0 Å². The number of rotatable bonds is 14. The zero-order valence-electron chi connectivity index (χ0n) is 33.7. The first-order valence-corrected chi connectivity index (χ1v) is 20.3. The number of ether oxygens (including phenoxy) is 2. The number of benzene rings is 2. The molecule has 0 saturated heterocycles. The molecule has 7 rings (SSSR count). The highest BCUT2D eigenvalue weighted by atomic mass is 16.5. The van der Waals surface area contributed by atoms with Gasteiger partial charge in [0.15, 0.2) is 11.5 Å². The third-order valence-corrected chi connectivity index (χ3v) is 11.1. The summed E-state index contributed by atoms with van der Waals surface area (Å²) in [5, 5.41) is 27.0. The van der Waals surface area contributed by atoms with Crippen molar-refractivity contribution in [1.82, 2.24) is 19.9 Å². The number of fused-ring (bicyclic) bond motifs is 8. The quantitative estimate of drug-likeness (QED) is 0.0511. The van der Waals surface area contributed by atoms with Crippen molar-refractivity contribution in [3.63, 3.8) is 0 Å². The molecule has 0 fully saturated rings. The molecular weight excluding hydrogens is 729 g/mol. The molecule has 2 aromatic carbocycles. The molecular formula is C48H52N4O6. The Balaban J connectivity index is 1.55. The number of aromatic nitrogens is 4. The van der Waals surface area contributed by atoms with Crippen LogP contribution in [0.2, 0.25) is 0 Å². The number of aromatic amines is 4. The Bertz CT molecular complexity index is 2670. The number of hydrogen-bond donors (Lipinski definition) is 6. The predicted octanol–water partition coefficient (Wildman–Crippen LogP) is 7.13. The molecule has 8 bridgehead atoms. The average Bonchev–Trinajstić information content (AvgIpc) is 4.08. The Morgan fingerprint density at radius 2 is 0.948 bits per heavy atom. The van der Waals surface area contributed by atoms with Gasteiger partial charge in [-0.15, -0.1) is 0 Å². The molecule has 6 aromatic rings. The van der Waals surface area contributed by atoms with Crippen molar-refractivity contribution in [2.75, 3.05) is 14.2 Å². The largest absolute Gasteiger partial charge is 0.503 e. The molecule has 10 heteroatoms. The van der Waals surface area contributed by atoms with E-state index in [-0.39, 0.29) is 11.5 Å². The molecule has 300 valence electrons. The maximum Gasteiger partial charge on any atom is 0.337 e. The molecule has 6 N–H and O–H groups in total. The van der Waals surface area contributed by atoms with Gasteiger partial charge in [-0.25, -0.2) is 9.59 Å². The van der Waals surface area contributed by atoms with Crippen LogP contribution in [0, 0.1) is 0 Å². The molecule has 1 aliphatic heterocycles. The summed E-state index contributed by atoms with van der Waals surface area (Å²) in [7, 11) is 2.73. The number of H-pyrrole nitrogens is 4. The molecule has 4 aromatic heterocycles. The number of nitrogens with one attached hydrogen (secondary N) is 4. The van der Waals surface area contributed by atoms with Crippen LogP contribution in [-0.4, -0.2) is 56.3 Å². The number of hydrogen-bond acceptors (Lipinski definition) is 6. The number of carbonyl (C=O) groups is 2. The highest BCUT2D eigenvalue weighted by Crippen LogP contribution is 2.41. The van der Waals surface area contributed by atoms with E-state index in [4.69, 9.17) is 9.47 Å². The Kier molecular flexibility index (Phi) is 12.2. The summed E-state index contributed by atoms with van der Waals surface area (Å²) < 4.78 is 9.95. The Hall–Kier alpha value is -6.42. The fraction of sp³-hybridized carbons (Fsp3) is 0.292. The monoisotopic (exact) mass is 780 g/mol. The van der Waals surface area contributed by atoms with Crippen LogP contribution in [0.1, 0.15) is 133 Å². The second kappa shape index (κ2) is 17.8. The van der Waals surface area contributed by atoms with Crippen LogP contribution in [0.25, 0.3) is 22.3 Å². The maximum absolute atomic E-state index is 12.4. The highest BCUT2D eigenvalue weighted by molar-refractivity contribution is 5.92. The van der Waals surface area contributed by atoms with Gasteiger partial charge in [-0.2, -0.15) is 0 Å². The Labute approximate surface area is 337 Å². The SMILES string of the molecule is CCCCCCC1=c2ccc([nH]2)=C(c2ccc(C(=O)OC)cc2)c2[nH]c(c(O)c2O)C(CCCCCC)=c2ccc([nH]2)=C(c2ccc(C(=O)OC)cc2)c2ccc1[nH]2. The fourth-order valence-electron chi connectivity index (χ4n) is 7.97. The first-order chi connectivity index (χ1) is 28.3. The van der Waals surface area contributed by atoms with Gasteiger partial charge < -0.3 is 39.6 Å². The summed E-state index contributed by atoms with van der Waals surface area (Å²) in [5.74, 6) is -1.36. The van der Waals surface area contributed by atoms with E-state index < -0.39 is 11.9 Å². The van der Waals surface area contributed by atoms with E-state index in [0.717, 1.165) is 118 Å². The van der Waals surface area contributed by atoms with Gasteiger partial charge >= 0.3 is 11.9 Å². The van der Waals surface area contributed by atoms with E-state index in [9.17, 15) is 19.8 Å². The lowest BCUT2D eigenvalue weighted by atomic mass is 10.0. The third-order valence-electron chi connectivity index (χ3n) is 11.1. The normalized spacial score (nSPS) is 12.6. The topological polar surface area (TPSA) is 156 Å². The van der Waals surface area contributed by atoms with Crippen LogP contribution in [-0.2, 0) is 9.47 Å². The lowest BCUT2D eigenvalue weighted by Crippen LogP contribution is -2.18. The number of carbonyl (C=O) groups excluding carboxylic acids is 2. The van der Waals surface area contributed by atoms with Crippen LogP contribution < -0.4 is 21.4 Å². The Morgan fingerprint density at radius 3 is 1.50 bits per heavy atom. The molecule has 5 heterocycles. The molecule has 58 heavy (non-hydrogen) atoms. The zero-order chi connectivity index (χ0) is 40.8. The average molecular weight is 781 g/mol. The molecule has 0 aliphatic carbocycles. The standard InChI is InChI=1S/C48H52N4O6/c1-5-7-9-11-13-33-35-23-26-38(49-35)41(29-15-19-31(20-16-29)47(55)57-3)39-27-25-37(51-39)34(14-12-10-8-6-2)43-45(53)46(54)44(52-43)42(40-28-24-36(33)50-40)30-17-21-32(22-18-30)48(56)58-4/h15-28,49-54H,5-14H2,1-4H3. The first kappa shape index (κ1) is 39.8. The summed E-state index contributed by atoms with van der Waals surface area (Å²) in [5.41, 5.74) is 8.60. The number of unbranched alkanes of at least 4 members (excludes halogenated alkanes) is 6. The minimum Gasteiger partial charge on any atom is -0.503 e. The second-order valence-corrected chi connectivity index (χ2v) is 14.9. The van der Waals surface area contributed by atoms with E-state index in [1.165, 1.54) is 14.2 Å². The van der Waals surface area contributed by atoms with Gasteiger partial charge in [0, 0.05) is 49.5 Å². The lowest BCUT2D eigenvalue weighted by Gasteiger charge is -2.10. The van der Waals surface area contributed by atoms with Gasteiger partial charge in [0.25, 0.3) is 0 Å². The summed E-state index contributed by atoms with van der Waals surface area (Å²) in [6.07, 6.45) is 9.84. The van der Waals surface area contributed by atoms with Gasteiger partial charge in [-0.1, -0.05) is 76.6 Å². The minimum absolute atomic E-state index is 0.240. The molecule has 0 unspecified atom stereocenters. The zero-order valence-corrected chi connectivity index (χ0v) is 33.7. The molecule has 0 spiro atoms.